The molecule has 2 aromatic rings. The van der Waals surface area contributed by atoms with Crippen molar-refractivity contribution in [1.82, 2.24) is 19.9 Å². The molecule has 25 heavy (non-hydrogen) atoms. The smallest absolute Gasteiger partial charge is 0.225 e. The number of carbonyl (C=O) groups is 1. The minimum absolute atomic E-state index is 0.105. The molecule has 1 aliphatic heterocycles. The summed E-state index contributed by atoms with van der Waals surface area (Å²) in [7, 11) is 0. The minimum Gasteiger partial charge on any atom is -0.368 e. The fourth-order valence-electron chi connectivity index (χ4n) is 2.86. The van der Waals surface area contributed by atoms with Crippen LogP contribution in [0.25, 0.3) is 0 Å². The summed E-state index contributed by atoms with van der Waals surface area (Å²) in [4.78, 5) is 27.3. The van der Waals surface area contributed by atoms with Crippen LogP contribution in [0.1, 0.15) is 23.1 Å². The van der Waals surface area contributed by atoms with Crippen molar-refractivity contribution in [2.24, 2.45) is 0 Å². The zero-order valence-electron chi connectivity index (χ0n) is 13.9. The van der Waals surface area contributed by atoms with Gasteiger partial charge in [0.05, 0.1) is 12.2 Å². The highest BCUT2D eigenvalue weighted by atomic mass is 19.1. The molecule has 4 N–H and O–H groups in total. The monoisotopic (exact) mass is 345 g/mol. The number of nitrogen functional groups attached to an aromatic ring is 2. The Kier molecular flexibility index (Phi) is 4.75. The Morgan fingerprint density at radius 2 is 1.76 bits per heavy atom. The molecular formula is C16H20FN7O. The molecular weight excluding hydrogens is 325 g/mol. The van der Waals surface area contributed by atoms with Crippen LogP contribution in [0.5, 0.6) is 0 Å². The van der Waals surface area contributed by atoms with Gasteiger partial charge in [0.25, 0.3) is 0 Å². The quantitative estimate of drug-likeness (QED) is 0.778. The van der Waals surface area contributed by atoms with Crippen LogP contribution in [-0.4, -0.2) is 51.8 Å². The van der Waals surface area contributed by atoms with E-state index < -0.39 is 0 Å². The lowest BCUT2D eigenvalue weighted by atomic mass is 10.1. The minimum atomic E-state index is -0.376. The molecule has 3 rings (SSSR count). The van der Waals surface area contributed by atoms with Crippen LogP contribution < -0.4 is 16.4 Å². The van der Waals surface area contributed by atoms with Crippen LogP contribution >= 0.6 is 0 Å². The van der Waals surface area contributed by atoms with E-state index in [-0.39, 0.29) is 23.5 Å². The highest BCUT2D eigenvalue weighted by molar-refractivity contribution is 5.94. The van der Waals surface area contributed by atoms with Gasteiger partial charge in [-0.15, -0.1) is 0 Å². The maximum Gasteiger partial charge on any atom is 0.225 e. The zero-order valence-corrected chi connectivity index (χ0v) is 13.9. The Labute approximate surface area is 144 Å². The number of carbonyl (C=O) groups excluding carboxylic acids is 1. The van der Waals surface area contributed by atoms with E-state index >= 15 is 0 Å². The molecule has 1 fully saturated rings. The van der Waals surface area contributed by atoms with Crippen molar-refractivity contribution in [3.63, 3.8) is 0 Å². The second-order valence-corrected chi connectivity index (χ2v) is 5.95. The molecule has 1 saturated heterocycles. The van der Waals surface area contributed by atoms with Crippen LogP contribution in [0.3, 0.4) is 0 Å². The fourth-order valence-corrected chi connectivity index (χ4v) is 2.86. The van der Waals surface area contributed by atoms with E-state index in [4.69, 9.17) is 11.5 Å². The maximum atomic E-state index is 14.3. The molecule has 132 valence electrons. The molecule has 0 bridgehead atoms. The number of rotatable bonds is 4. The second-order valence-electron chi connectivity index (χ2n) is 5.95. The first-order chi connectivity index (χ1) is 11.9. The average Bonchev–Trinajstić information content (AvgIpc) is 2.54. The fraction of sp³-hybridized carbons (Fsp3) is 0.375. The molecule has 0 spiro atoms. The number of aromatic nitrogens is 3. The number of hydrogen-bond donors (Lipinski definition) is 2. The van der Waals surface area contributed by atoms with E-state index in [1.165, 1.54) is 13.0 Å². The summed E-state index contributed by atoms with van der Waals surface area (Å²) in [6.07, 6.45) is 0. The van der Waals surface area contributed by atoms with Crippen LogP contribution in [0.2, 0.25) is 0 Å². The van der Waals surface area contributed by atoms with Gasteiger partial charge in [-0.1, -0.05) is 0 Å². The molecule has 0 radical (unpaired) electrons. The van der Waals surface area contributed by atoms with Gasteiger partial charge in [-0.25, -0.2) is 4.39 Å². The van der Waals surface area contributed by atoms with Crippen molar-refractivity contribution in [2.75, 3.05) is 42.5 Å². The molecule has 9 heteroatoms. The summed E-state index contributed by atoms with van der Waals surface area (Å²) in [5.41, 5.74) is 12.0. The Morgan fingerprint density at radius 3 is 2.32 bits per heavy atom. The lowest BCUT2D eigenvalue weighted by Crippen LogP contribution is -2.46. The predicted molar refractivity (Wildman–Crippen MR) is 92.5 cm³/mol. The molecule has 0 amide bonds. The third kappa shape index (κ3) is 4.00. The summed E-state index contributed by atoms with van der Waals surface area (Å²) in [6.45, 7) is 4.70. The van der Waals surface area contributed by atoms with Gasteiger partial charge in [-0.2, -0.15) is 15.0 Å². The third-order valence-electron chi connectivity index (χ3n) is 4.15. The van der Waals surface area contributed by atoms with Gasteiger partial charge in [0, 0.05) is 31.7 Å². The highest BCUT2D eigenvalue weighted by Crippen LogP contribution is 2.22. The standard InChI is InChI=1S/C16H20FN7O/c1-10(25)11-2-3-13(12(17)8-11)24-6-4-23(5-7-24)9-14-20-15(18)22-16(19)21-14/h2-3,8H,4-7,9H2,1H3,(H4,18,19,20,21,22). The van der Waals surface area contributed by atoms with Crippen LogP contribution in [0, 0.1) is 5.82 Å². The highest BCUT2D eigenvalue weighted by Gasteiger charge is 2.21. The Morgan fingerprint density at radius 1 is 1.12 bits per heavy atom. The Bertz CT molecular complexity index is 770. The second kappa shape index (κ2) is 6.98. The van der Waals surface area contributed by atoms with E-state index in [9.17, 15) is 9.18 Å². The number of anilines is 3. The van der Waals surface area contributed by atoms with Crippen molar-refractivity contribution in [2.45, 2.75) is 13.5 Å². The first kappa shape index (κ1) is 17.0. The number of nitrogens with zero attached hydrogens (tertiary/aromatic N) is 5. The molecule has 1 aromatic heterocycles. The number of piperazine rings is 1. The van der Waals surface area contributed by atoms with Gasteiger partial charge in [0.2, 0.25) is 11.9 Å². The molecule has 0 atom stereocenters. The number of benzene rings is 1. The number of hydrogen-bond acceptors (Lipinski definition) is 8. The molecule has 1 aromatic carbocycles. The van der Waals surface area contributed by atoms with Crippen LogP contribution in [0.4, 0.5) is 22.0 Å². The summed E-state index contributed by atoms with van der Waals surface area (Å²) >= 11 is 0. The van der Waals surface area contributed by atoms with Crippen molar-refractivity contribution < 1.29 is 9.18 Å². The summed E-state index contributed by atoms with van der Waals surface area (Å²) in [5, 5.41) is 0. The average molecular weight is 345 g/mol. The predicted octanol–water partition coefficient (Wildman–Crippen LogP) is 0.700. The SMILES string of the molecule is CC(=O)c1ccc(N2CCN(Cc3nc(N)nc(N)n3)CC2)c(F)c1. The van der Waals surface area contributed by atoms with Gasteiger partial charge in [-0.3, -0.25) is 9.69 Å². The summed E-state index contributed by atoms with van der Waals surface area (Å²) in [5.74, 6) is 0.211. The van der Waals surface area contributed by atoms with E-state index in [2.05, 4.69) is 19.9 Å². The molecule has 0 aliphatic carbocycles. The van der Waals surface area contributed by atoms with Crippen molar-refractivity contribution >= 4 is 23.4 Å². The van der Waals surface area contributed by atoms with Gasteiger partial charge >= 0.3 is 0 Å². The van der Waals surface area contributed by atoms with Gasteiger partial charge in [0.15, 0.2) is 5.78 Å². The lowest BCUT2D eigenvalue weighted by molar-refractivity contribution is 0.101. The van der Waals surface area contributed by atoms with Crippen molar-refractivity contribution in [3.05, 3.63) is 35.4 Å². The number of nitrogens with two attached hydrogens (primary N) is 2. The largest absolute Gasteiger partial charge is 0.368 e. The number of Topliss-reactive ketones (excluding diaryl/α,β-unsaturated/α-hetero) is 1. The lowest BCUT2D eigenvalue weighted by Gasteiger charge is -2.35. The Balaban J connectivity index is 1.63. The van der Waals surface area contributed by atoms with E-state index in [0.29, 0.717) is 36.7 Å². The molecule has 1 aliphatic rings. The summed E-state index contributed by atoms with van der Waals surface area (Å²) < 4.78 is 14.3. The summed E-state index contributed by atoms with van der Waals surface area (Å²) in [6, 6.07) is 4.61. The molecule has 2 heterocycles. The van der Waals surface area contributed by atoms with E-state index in [1.807, 2.05) is 4.90 Å². The van der Waals surface area contributed by atoms with Gasteiger partial charge in [0.1, 0.15) is 11.6 Å². The zero-order chi connectivity index (χ0) is 18.0. The van der Waals surface area contributed by atoms with Gasteiger partial charge < -0.3 is 16.4 Å². The Hall–Kier alpha value is -2.81. The van der Waals surface area contributed by atoms with Crippen LogP contribution in [-0.2, 0) is 6.54 Å². The molecule has 8 nitrogen and oxygen atoms in total. The van der Waals surface area contributed by atoms with Crippen molar-refractivity contribution in [3.8, 4) is 0 Å². The first-order valence-electron chi connectivity index (χ1n) is 7.96. The normalized spacial score (nSPS) is 15.4. The van der Waals surface area contributed by atoms with Gasteiger partial charge in [-0.05, 0) is 25.1 Å². The number of ketones is 1. The molecule has 0 saturated carbocycles. The third-order valence-corrected chi connectivity index (χ3v) is 4.15. The van der Waals surface area contributed by atoms with E-state index in [1.54, 1.807) is 12.1 Å². The maximum absolute atomic E-state index is 14.3. The topological polar surface area (TPSA) is 114 Å². The molecule has 0 unspecified atom stereocenters. The van der Waals surface area contributed by atoms with E-state index in [0.717, 1.165) is 13.1 Å². The first-order valence-corrected chi connectivity index (χ1v) is 7.96. The van der Waals surface area contributed by atoms with Crippen LogP contribution in [0.15, 0.2) is 18.2 Å². The number of halogens is 1. The van der Waals surface area contributed by atoms with Crippen molar-refractivity contribution in [1.29, 1.82) is 0 Å².